The molecule has 0 amide bonds. The Balaban J connectivity index is 1.81. The van der Waals surface area contributed by atoms with E-state index in [9.17, 15) is 9.90 Å². The molecule has 2 aromatic heterocycles. The van der Waals surface area contributed by atoms with Crippen LogP contribution in [0.5, 0.6) is 0 Å². The molecule has 0 saturated heterocycles. The standard InChI is InChI=1S/C24H30N4O2/c1-4-5-6-13-28-23(26-22(27-28)14-17(2)3)15-18-7-9-19(10-8-18)21-16-25-12-11-20(21)24(29)30/h7-12,16-17H,4-6,13-15H2,1-3H3,(H,29,30). The second-order valence-corrected chi connectivity index (χ2v) is 8.07. The first kappa shape index (κ1) is 21.7. The van der Waals surface area contributed by atoms with Crippen molar-refractivity contribution in [3.8, 4) is 11.1 Å². The van der Waals surface area contributed by atoms with Crippen LogP contribution in [0, 0.1) is 5.92 Å². The summed E-state index contributed by atoms with van der Waals surface area (Å²) >= 11 is 0. The number of aromatic nitrogens is 4. The fourth-order valence-corrected chi connectivity index (χ4v) is 3.49. The highest BCUT2D eigenvalue weighted by molar-refractivity contribution is 5.95. The quantitative estimate of drug-likeness (QED) is 0.478. The van der Waals surface area contributed by atoms with Crippen molar-refractivity contribution in [2.75, 3.05) is 0 Å². The zero-order chi connectivity index (χ0) is 21.5. The van der Waals surface area contributed by atoms with Crippen LogP contribution in [0.2, 0.25) is 0 Å². The third kappa shape index (κ3) is 5.53. The van der Waals surface area contributed by atoms with E-state index >= 15 is 0 Å². The van der Waals surface area contributed by atoms with Crippen LogP contribution in [0.4, 0.5) is 0 Å². The molecule has 6 nitrogen and oxygen atoms in total. The summed E-state index contributed by atoms with van der Waals surface area (Å²) in [5.41, 5.74) is 2.85. The highest BCUT2D eigenvalue weighted by Crippen LogP contribution is 2.24. The Bertz CT molecular complexity index is 977. The first-order chi connectivity index (χ1) is 14.5. The number of rotatable bonds is 10. The van der Waals surface area contributed by atoms with Crippen LogP contribution in [0.3, 0.4) is 0 Å². The first-order valence-electron chi connectivity index (χ1n) is 10.7. The molecule has 6 heteroatoms. The summed E-state index contributed by atoms with van der Waals surface area (Å²) in [6.45, 7) is 7.45. The zero-order valence-corrected chi connectivity index (χ0v) is 18.0. The van der Waals surface area contributed by atoms with E-state index in [0.29, 0.717) is 17.9 Å². The van der Waals surface area contributed by atoms with Crippen LogP contribution in [-0.2, 0) is 19.4 Å². The molecule has 0 aliphatic heterocycles. The van der Waals surface area contributed by atoms with Crippen LogP contribution in [0.1, 0.15) is 67.6 Å². The molecule has 0 saturated carbocycles. The summed E-state index contributed by atoms with van der Waals surface area (Å²) in [5, 5.41) is 14.2. The largest absolute Gasteiger partial charge is 0.478 e. The Labute approximate surface area is 178 Å². The van der Waals surface area contributed by atoms with Gasteiger partial charge in [-0.25, -0.2) is 14.5 Å². The van der Waals surface area contributed by atoms with Crippen LogP contribution in [-0.4, -0.2) is 30.8 Å². The number of aromatic carboxylic acids is 1. The third-order valence-corrected chi connectivity index (χ3v) is 5.04. The van der Waals surface area contributed by atoms with Crippen LogP contribution in [0.15, 0.2) is 42.7 Å². The summed E-state index contributed by atoms with van der Waals surface area (Å²) in [4.78, 5) is 20.4. The molecule has 0 aliphatic carbocycles. The van der Waals surface area contributed by atoms with E-state index in [2.05, 4.69) is 30.4 Å². The monoisotopic (exact) mass is 406 g/mol. The van der Waals surface area contributed by atoms with Crippen LogP contribution >= 0.6 is 0 Å². The number of unbranched alkanes of at least 4 members (excludes halogenated alkanes) is 2. The number of carbonyl (C=O) groups is 1. The minimum atomic E-state index is -0.950. The van der Waals surface area contributed by atoms with Gasteiger partial charge in [0.1, 0.15) is 5.82 Å². The van der Waals surface area contributed by atoms with Gasteiger partial charge in [-0.1, -0.05) is 57.9 Å². The highest BCUT2D eigenvalue weighted by Gasteiger charge is 2.14. The van der Waals surface area contributed by atoms with Gasteiger partial charge in [0.25, 0.3) is 0 Å². The molecule has 0 fully saturated rings. The van der Waals surface area contributed by atoms with Gasteiger partial charge in [-0.3, -0.25) is 4.98 Å². The van der Waals surface area contributed by atoms with Crippen LogP contribution in [0.25, 0.3) is 11.1 Å². The fraction of sp³-hybridized carbons (Fsp3) is 0.417. The Morgan fingerprint density at radius 3 is 2.57 bits per heavy atom. The van der Waals surface area contributed by atoms with Crippen molar-refractivity contribution in [1.29, 1.82) is 0 Å². The minimum Gasteiger partial charge on any atom is -0.478 e. The molecular formula is C24H30N4O2. The van der Waals surface area contributed by atoms with E-state index in [4.69, 9.17) is 10.1 Å². The SMILES string of the molecule is CCCCCn1nc(CC(C)C)nc1Cc1ccc(-c2cnccc2C(=O)O)cc1. The van der Waals surface area contributed by atoms with Gasteiger partial charge in [-0.05, 0) is 29.5 Å². The van der Waals surface area contributed by atoms with Crippen molar-refractivity contribution in [1.82, 2.24) is 19.7 Å². The molecule has 0 bridgehead atoms. The van der Waals surface area contributed by atoms with E-state index in [1.54, 1.807) is 6.20 Å². The minimum absolute atomic E-state index is 0.256. The Morgan fingerprint density at radius 1 is 1.13 bits per heavy atom. The van der Waals surface area contributed by atoms with Gasteiger partial charge in [0.05, 0.1) is 5.56 Å². The van der Waals surface area contributed by atoms with Gasteiger partial charge in [0.2, 0.25) is 0 Å². The number of benzene rings is 1. The van der Waals surface area contributed by atoms with Gasteiger partial charge in [0.15, 0.2) is 5.82 Å². The van der Waals surface area contributed by atoms with Gasteiger partial charge < -0.3 is 5.11 Å². The molecular weight excluding hydrogens is 376 g/mol. The molecule has 30 heavy (non-hydrogen) atoms. The summed E-state index contributed by atoms with van der Waals surface area (Å²) in [6.07, 6.45) is 8.15. The molecule has 3 rings (SSSR count). The Hall–Kier alpha value is -3.02. The average Bonchev–Trinajstić information content (AvgIpc) is 3.09. The maximum atomic E-state index is 11.5. The number of hydrogen-bond donors (Lipinski definition) is 1. The Morgan fingerprint density at radius 2 is 1.90 bits per heavy atom. The lowest BCUT2D eigenvalue weighted by Crippen LogP contribution is -2.07. The smallest absolute Gasteiger partial charge is 0.336 e. The molecule has 0 atom stereocenters. The van der Waals surface area contributed by atoms with Crippen molar-refractivity contribution in [3.05, 3.63) is 65.5 Å². The zero-order valence-electron chi connectivity index (χ0n) is 18.0. The topological polar surface area (TPSA) is 80.9 Å². The molecule has 1 aromatic carbocycles. The van der Waals surface area contributed by atoms with Crippen LogP contribution < -0.4 is 0 Å². The fourth-order valence-electron chi connectivity index (χ4n) is 3.49. The molecule has 2 heterocycles. The van der Waals surface area contributed by atoms with E-state index in [0.717, 1.165) is 42.2 Å². The van der Waals surface area contributed by atoms with Gasteiger partial charge in [0, 0.05) is 37.3 Å². The van der Waals surface area contributed by atoms with Gasteiger partial charge in [-0.2, -0.15) is 5.10 Å². The van der Waals surface area contributed by atoms with E-state index in [1.165, 1.54) is 25.1 Å². The number of carboxylic acids is 1. The van der Waals surface area contributed by atoms with E-state index in [1.807, 2.05) is 24.3 Å². The van der Waals surface area contributed by atoms with Crippen molar-refractivity contribution >= 4 is 5.97 Å². The molecule has 1 N–H and O–H groups in total. The predicted octanol–water partition coefficient (Wildman–Crippen LogP) is 5.02. The molecule has 0 unspecified atom stereocenters. The summed E-state index contributed by atoms with van der Waals surface area (Å²) in [6, 6.07) is 9.49. The van der Waals surface area contributed by atoms with Crippen molar-refractivity contribution in [2.24, 2.45) is 5.92 Å². The third-order valence-electron chi connectivity index (χ3n) is 5.04. The molecule has 158 valence electrons. The second-order valence-electron chi connectivity index (χ2n) is 8.07. The first-order valence-corrected chi connectivity index (χ1v) is 10.7. The average molecular weight is 407 g/mol. The lowest BCUT2D eigenvalue weighted by molar-refractivity contribution is 0.0697. The normalized spacial score (nSPS) is 11.2. The van der Waals surface area contributed by atoms with Crippen molar-refractivity contribution in [2.45, 2.75) is 59.4 Å². The molecule has 3 aromatic rings. The lowest BCUT2D eigenvalue weighted by atomic mass is 10.00. The molecule has 0 aliphatic rings. The molecule has 0 spiro atoms. The van der Waals surface area contributed by atoms with E-state index in [-0.39, 0.29) is 5.56 Å². The number of carboxylic acid groups (broad SMARTS) is 1. The van der Waals surface area contributed by atoms with E-state index < -0.39 is 5.97 Å². The maximum Gasteiger partial charge on any atom is 0.336 e. The van der Waals surface area contributed by atoms with Gasteiger partial charge >= 0.3 is 5.97 Å². The summed E-state index contributed by atoms with van der Waals surface area (Å²) < 4.78 is 2.06. The Kier molecular flexibility index (Phi) is 7.33. The number of hydrogen-bond acceptors (Lipinski definition) is 4. The van der Waals surface area contributed by atoms with Crippen molar-refractivity contribution in [3.63, 3.8) is 0 Å². The van der Waals surface area contributed by atoms with Gasteiger partial charge in [-0.15, -0.1) is 0 Å². The number of nitrogens with zero attached hydrogens (tertiary/aromatic N) is 4. The number of pyridine rings is 1. The lowest BCUT2D eigenvalue weighted by Gasteiger charge is -2.08. The van der Waals surface area contributed by atoms with Crippen molar-refractivity contribution < 1.29 is 9.90 Å². The maximum absolute atomic E-state index is 11.5. The summed E-state index contributed by atoms with van der Waals surface area (Å²) in [5.74, 6) is 1.47. The highest BCUT2D eigenvalue weighted by atomic mass is 16.4. The summed E-state index contributed by atoms with van der Waals surface area (Å²) in [7, 11) is 0. The molecule has 0 radical (unpaired) electrons. The number of aryl methyl sites for hydroxylation is 1. The second kappa shape index (κ2) is 10.1. The predicted molar refractivity (Wildman–Crippen MR) is 118 cm³/mol.